The van der Waals surface area contributed by atoms with Gasteiger partial charge in [0.2, 0.25) is 0 Å². The Bertz CT molecular complexity index is 1950. The number of rotatable bonds is 10. The second-order valence-corrected chi connectivity index (χ2v) is 12.6. The average Bonchev–Trinajstić information content (AvgIpc) is 3.49. The first kappa shape index (κ1) is 30.3. The molecule has 0 fully saturated rings. The third-order valence-corrected chi connectivity index (χ3v) is 9.13. The molecular formula is C33H28N2O7S2. The molecule has 0 unspecified atom stereocenters. The lowest BCUT2D eigenvalue weighted by atomic mass is 10.0. The third kappa shape index (κ3) is 7.08. The number of nitrogens with one attached hydrogen (secondary N) is 2. The van der Waals surface area contributed by atoms with Gasteiger partial charge in [-0.25, -0.2) is 13.2 Å². The SMILES string of the molecule is Cc1cc(COc2ccc(NC(=O)c3ccc(-c4ccc(O)cc4)cc3)cc2C)cc(NS(=O)(=O)c2ccsc2C(=O)O)c1. The van der Waals surface area contributed by atoms with Gasteiger partial charge in [0.1, 0.15) is 27.9 Å². The number of phenols is 1. The molecule has 0 radical (unpaired) electrons. The van der Waals surface area contributed by atoms with Crippen LogP contribution in [0.25, 0.3) is 11.1 Å². The van der Waals surface area contributed by atoms with E-state index >= 15 is 0 Å². The van der Waals surface area contributed by atoms with Crippen molar-refractivity contribution in [2.75, 3.05) is 10.0 Å². The Hall–Kier alpha value is -5.13. The largest absolute Gasteiger partial charge is 0.508 e. The van der Waals surface area contributed by atoms with Gasteiger partial charge >= 0.3 is 5.97 Å². The van der Waals surface area contributed by atoms with Gasteiger partial charge in [-0.3, -0.25) is 9.52 Å². The quantitative estimate of drug-likeness (QED) is 0.130. The second kappa shape index (κ2) is 12.6. The molecule has 1 amide bonds. The Morgan fingerprint density at radius 1 is 0.841 bits per heavy atom. The maximum Gasteiger partial charge on any atom is 0.347 e. The van der Waals surface area contributed by atoms with E-state index in [4.69, 9.17) is 4.74 Å². The van der Waals surface area contributed by atoms with Crippen molar-refractivity contribution >= 4 is 44.6 Å². The summed E-state index contributed by atoms with van der Waals surface area (Å²) in [7, 11) is -4.11. The van der Waals surface area contributed by atoms with Gasteiger partial charge < -0.3 is 20.3 Å². The molecular weight excluding hydrogens is 601 g/mol. The molecule has 224 valence electrons. The fourth-order valence-corrected chi connectivity index (χ4v) is 6.90. The van der Waals surface area contributed by atoms with Crippen LogP contribution in [0.2, 0.25) is 0 Å². The Labute approximate surface area is 258 Å². The number of carboxylic acids is 1. The minimum Gasteiger partial charge on any atom is -0.508 e. The molecule has 0 saturated heterocycles. The highest BCUT2D eigenvalue weighted by Gasteiger charge is 2.24. The van der Waals surface area contributed by atoms with Crippen molar-refractivity contribution in [3.05, 3.63) is 124 Å². The third-order valence-electron chi connectivity index (χ3n) is 6.68. The van der Waals surface area contributed by atoms with Crippen LogP contribution in [-0.2, 0) is 16.6 Å². The number of aromatic carboxylic acids is 1. The Morgan fingerprint density at radius 2 is 1.52 bits per heavy atom. The number of hydrogen-bond acceptors (Lipinski definition) is 7. The van der Waals surface area contributed by atoms with Crippen LogP contribution in [0, 0.1) is 13.8 Å². The van der Waals surface area contributed by atoms with Gasteiger partial charge in [-0.2, -0.15) is 0 Å². The van der Waals surface area contributed by atoms with E-state index in [-0.39, 0.29) is 33.7 Å². The number of anilines is 2. The minimum absolute atomic E-state index is 0.148. The molecule has 0 spiro atoms. The zero-order valence-electron chi connectivity index (χ0n) is 23.7. The first-order chi connectivity index (χ1) is 21.0. The van der Waals surface area contributed by atoms with E-state index in [0.29, 0.717) is 22.6 Å². The average molecular weight is 629 g/mol. The Balaban J connectivity index is 1.22. The van der Waals surface area contributed by atoms with Crippen LogP contribution in [-0.4, -0.2) is 30.5 Å². The molecule has 44 heavy (non-hydrogen) atoms. The molecule has 0 atom stereocenters. The topological polar surface area (TPSA) is 142 Å². The lowest BCUT2D eigenvalue weighted by Gasteiger charge is -2.14. The molecule has 9 nitrogen and oxygen atoms in total. The number of carbonyl (C=O) groups excluding carboxylic acids is 1. The summed E-state index contributed by atoms with van der Waals surface area (Å²) in [6.07, 6.45) is 0. The molecule has 4 aromatic carbocycles. The molecule has 1 aromatic heterocycles. The number of hydrogen-bond donors (Lipinski definition) is 4. The lowest BCUT2D eigenvalue weighted by Crippen LogP contribution is -2.15. The van der Waals surface area contributed by atoms with Crippen LogP contribution in [0.15, 0.2) is 101 Å². The monoisotopic (exact) mass is 628 g/mol. The minimum atomic E-state index is -4.11. The molecule has 5 rings (SSSR count). The van der Waals surface area contributed by atoms with Crippen LogP contribution in [0.3, 0.4) is 0 Å². The molecule has 11 heteroatoms. The van der Waals surface area contributed by atoms with Gasteiger partial charge in [-0.1, -0.05) is 30.3 Å². The number of aromatic hydroxyl groups is 1. The van der Waals surface area contributed by atoms with E-state index in [0.717, 1.165) is 33.6 Å². The van der Waals surface area contributed by atoms with Crippen molar-refractivity contribution in [1.82, 2.24) is 0 Å². The summed E-state index contributed by atoms with van der Waals surface area (Å²) < 4.78 is 34.2. The van der Waals surface area contributed by atoms with Gasteiger partial charge in [-0.15, -0.1) is 11.3 Å². The van der Waals surface area contributed by atoms with Crippen molar-refractivity contribution in [2.24, 2.45) is 0 Å². The number of carboxylic acid groups (broad SMARTS) is 1. The van der Waals surface area contributed by atoms with Crippen molar-refractivity contribution in [1.29, 1.82) is 0 Å². The first-order valence-electron chi connectivity index (χ1n) is 13.4. The summed E-state index contributed by atoms with van der Waals surface area (Å²) in [5.41, 5.74) is 5.52. The Morgan fingerprint density at radius 3 is 2.18 bits per heavy atom. The smallest absolute Gasteiger partial charge is 0.347 e. The van der Waals surface area contributed by atoms with Gasteiger partial charge in [0, 0.05) is 16.9 Å². The van der Waals surface area contributed by atoms with Crippen LogP contribution >= 0.6 is 11.3 Å². The summed E-state index contributed by atoms with van der Waals surface area (Å²) in [5, 5.41) is 23.1. The van der Waals surface area contributed by atoms with E-state index < -0.39 is 16.0 Å². The zero-order chi connectivity index (χ0) is 31.4. The van der Waals surface area contributed by atoms with Crippen LogP contribution < -0.4 is 14.8 Å². The fraction of sp³-hybridized carbons (Fsp3) is 0.0909. The highest BCUT2D eigenvalue weighted by molar-refractivity contribution is 7.93. The molecule has 0 bridgehead atoms. The standard InChI is InChI=1S/C33H28N2O7S2/c1-20-15-22(18-27(16-20)35-44(40,41)30-13-14-43-31(30)33(38)39)19-42-29-12-9-26(17-21(29)2)34-32(37)25-5-3-23(4-6-25)24-7-10-28(36)11-8-24/h3-18,35-36H,19H2,1-2H3,(H,34,37)(H,38,39). The molecule has 5 aromatic rings. The number of benzene rings is 4. The van der Waals surface area contributed by atoms with E-state index in [1.165, 1.54) is 11.4 Å². The fourth-order valence-electron chi connectivity index (χ4n) is 4.60. The zero-order valence-corrected chi connectivity index (χ0v) is 25.3. The van der Waals surface area contributed by atoms with Crippen LogP contribution in [0.5, 0.6) is 11.5 Å². The predicted octanol–water partition coefficient (Wildman–Crippen LogP) is 7.07. The molecule has 1 heterocycles. The van der Waals surface area contributed by atoms with Crippen LogP contribution in [0.4, 0.5) is 11.4 Å². The van der Waals surface area contributed by atoms with Gasteiger partial charge in [0.15, 0.2) is 0 Å². The summed E-state index contributed by atoms with van der Waals surface area (Å²) in [6, 6.07) is 25.7. The highest BCUT2D eigenvalue weighted by Crippen LogP contribution is 2.28. The van der Waals surface area contributed by atoms with Gasteiger partial charge in [0.05, 0.1) is 0 Å². The van der Waals surface area contributed by atoms with Crippen molar-refractivity contribution in [3.8, 4) is 22.6 Å². The summed E-state index contributed by atoms with van der Waals surface area (Å²) >= 11 is 0.843. The number of phenolic OH excluding ortho intramolecular Hbond substituents is 1. The summed E-state index contributed by atoms with van der Waals surface area (Å²) in [6.45, 7) is 3.82. The van der Waals surface area contributed by atoms with Crippen molar-refractivity contribution in [3.63, 3.8) is 0 Å². The maximum absolute atomic E-state index is 12.9. The first-order valence-corrected chi connectivity index (χ1v) is 15.7. The van der Waals surface area contributed by atoms with Crippen molar-refractivity contribution < 1.29 is 33.0 Å². The number of amides is 1. The van der Waals surface area contributed by atoms with Gasteiger partial charge in [0.25, 0.3) is 15.9 Å². The number of sulfonamides is 1. The van der Waals surface area contributed by atoms with E-state index in [1.54, 1.807) is 66.7 Å². The van der Waals surface area contributed by atoms with E-state index in [2.05, 4.69) is 10.0 Å². The summed E-state index contributed by atoms with van der Waals surface area (Å²) in [5.74, 6) is -0.785. The predicted molar refractivity (Wildman–Crippen MR) is 170 cm³/mol. The summed E-state index contributed by atoms with van der Waals surface area (Å²) in [4.78, 5) is 23.7. The van der Waals surface area contributed by atoms with Crippen LogP contribution in [0.1, 0.15) is 36.7 Å². The Kier molecular flexibility index (Phi) is 8.70. The second-order valence-electron chi connectivity index (χ2n) is 10.1. The highest BCUT2D eigenvalue weighted by atomic mass is 32.2. The van der Waals surface area contributed by atoms with E-state index in [1.807, 2.05) is 32.0 Å². The number of carbonyl (C=O) groups is 2. The molecule has 0 aliphatic carbocycles. The maximum atomic E-state index is 12.9. The number of ether oxygens (including phenoxy) is 1. The molecule has 0 aliphatic heterocycles. The molecule has 4 N–H and O–H groups in total. The molecule has 0 aliphatic rings. The van der Waals surface area contributed by atoms with Gasteiger partial charge in [-0.05, 0) is 108 Å². The van der Waals surface area contributed by atoms with E-state index in [9.17, 15) is 28.2 Å². The normalized spacial score (nSPS) is 11.1. The number of aryl methyl sites for hydroxylation is 2. The van der Waals surface area contributed by atoms with Crippen molar-refractivity contribution in [2.45, 2.75) is 25.3 Å². The lowest BCUT2D eigenvalue weighted by molar-refractivity contribution is 0.0698. The number of thiophene rings is 1. The molecule has 0 saturated carbocycles.